The van der Waals surface area contributed by atoms with Crippen LogP contribution in [-0.4, -0.2) is 44.1 Å². The van der Waals surface area contributed by atoms with Crippen molar-refractivity contribution in [2.75, 3.05) is 38.6 Å². The van der Waals surface area contributed by atoms with Crippen LogP contribution in [0.5, 0.6) is 5.75 Å². The molecule has 27 heavy (non-hydrogen) atoms. The number of nitrogens with one attached hydrogen (secondary N) is 2. The summed E-state index contributed by atoms with van der Waals surface area (Å²) in [6.45, 7) is 5.36. The second-order valence-electron chi connectivity index (χ2n) is 6.96. The van der Waals surface area contributed by atoms with Crippen molar-refractivity contribution >= 4 is 11.6 Å². The zero-order chi connectivity index (χ0) is 18.9. The standard InChI is InChI=1S/C22H29N3O2/c1-27-21-10-8-19(9-11-21)22(26)24-20-7-5-6-18(16-20)17-23-12-15-25-13-3-2-4-14-25/h5-11,16,23H,2-4,12-15,17H2,1H3,(H,24,26). The minimum Gasteiger partial charge on any atom is -0.497 e. The van der Waals surface area contributed by atoms with Crippen LogP contribution in [0, 0.1) is 0 Å². The van der Waals surface area contributed by atoms with E-state index in [1.807, 2.05) is 18.2 Å². The summed E-state index contributed by atoms with van der Waals surface area (Å²) in [6.07, 6.45) is 4.03. The Morgan fingerprint density at radius 3 is 2.59 bits per heavy atom. The lowest BCUT2D eigenvalue weighted by Gasteiger charge is -2.26. The van der Waals surface area contributed by atoms with E-state index in [0.29, 0.717) is 5.56 Å². The molecule has 2 N–H and O–H groups in total. The molecule has 5 nitrogen and oxygen atoms in total. The van der Waals surface area contributed by atoms with E-state index in [0.717, 1.165) is 31.1 Å². The molecule has 0 spiro atoms. The molecular formula is C22H29N3O2. The smallest absolute Gasteiger partial charge is 0.255 e. The van der Waals surface area contributed by atoms with Gasteiger partial charge in [0.05, 0.1) is 7.11 Å². The molecule has 0 aromatic heterocycles. The number of hydrogen-bond donors (Lipinski definition) is 2. The Labute approximate surface area is 161 Å². The van der Waals surface area contributed by atoms with Gasteiger partial charge in [-0.05, 0) is 67.9 Å². The Morgan fingerprint density at radius 2 is 1.85 bits per heavy atom. The Morgan fingerprint density at radius 1 is 1.07 bits per heavy atom. The molecule has 0 bridgehead atoms. The van der Waals surface area contributed by atoms with Gasteiger partial charge in [-0.2, -0.15) is 0 Å². The summed E-state index contributed by atoms with van der Waals surface area (Å²) in [6, 6.07) is 15.1. The predicted octanol–water partition coefficient (Wildman–Crippen LogP) is 3.52. The van der Waals surface area contributed by atoms with E-state index in [-0.39, 0.29) is 5.91 Å². The molecule has 0 atom stereocenters. The quantitative estimate of drug-likeness (QED) is 0.701. The molecule has 0 aliphatic carbocycles. The third-order valence-electron chi connectivity index (χ3n) is 4.92. The van der Waals surface area contributed by atoms with Gasteiger partial charge in [-0.15, -0.1) is 0 Å². The fourth-order valence-electron chi connectivity index (χ4n) is 3.36. The lowest BCUT2D eigenvalue weighted by atomic mass is 10.1. The van der Waals surface area contributed by atoms with Crippen LogP contribution in [0.15, 0.2) is 48.5 Å². The first-order chi connectivity index (χ1) is 13.2. The molecule has 1 saturated heterocycles. The highest BCUT2D eigenvalue weighted by Gasteiger charge is 2.09. The number of methoxy groups -OCH3 is 1. The van der Waals surface area contributed by atoms with Gasteiger partial charge in [0.1, 0.15) is 5.75 Å². The largest absolute Gasteiger partial charge is 0.497 e. The van der Waals surface area contributed by atoms with Crippen LogP contribution < -0.4 is 15.4 Å². The van der Waals surface area contributed by atoms with Crippen molar-refractivity contribution in [3.8, 4) is 5.75 Å². The normalized spacial score (nSPS) is 14.7. The van der Waals surface area contributed by atoms with Gasteiger partial charge in [-0.1, -0.05) is 18.6 Å². The zero-order valence-electron chi connectivity index (χ0n) is 16.0. The van der Waals surface area contributed by atoms with Crippen molar-refractivity contribution in [2.45, 2.75) is 25.8 Å². The number of nitrogens with zero attached hydrogens (tertiary/aromatic N) is 1. The first-order valence-electron chi connectivity index (χ1n) is 9.72. The summed E-state index contributed by atoms with van der Waals surface area (Å²) in [4.78, 5) is 14.9. The van der Waals surface area contributed by atoms with Crippen LogP contribution in [0.3, 0.4) is 0 Å². The first kappa shape index (κ1) is 19.4. The molecule has 0 saturated carbocycles. The highest BCUT2D eigenvalue weighted by atomic mass is 16.5. The average molecular weight is 367 g/mol. The number of amides is 1. The summed E-state index contributed by atoms with van der Waals surface area (Å²) in [7, 11) is 1.61. The summed E-state index contributed by atoms with van der Waals surface area (Å²) < 4.78 is 5.13. The number of anilines is 1. The summed E-state index contributed by atoms with van der Waals surface area (Å²) >= 11 is 0. The molecule has 0 unspecified atom stereocenters. The zero-order valence-corrected chi connectivity index (χ0v) is 16.0. The molecule has 2 aromatic rings. The van der Waals surface area contributed by atoms with Gasteiger partial charge < -0.3 is 20.3 Å². The fraction of sp³-hybridized carbons (Fsp3) is 0.409. The van der Waals surface area contributed by atoms with Crippen LogP contribution in [0.4, 0.5) is 5.69 Å². The van der Waals surface area contributed by atoms with E-state index in [1.165, 1.54) is 37.9 Å². The van der Waals surface area contributed by atoms with Crippen LogP contribution >= 0.6 is 0 Å². The number of benzene rings is 2. The molecule has 1 aliphatic rings. The lowest BCUT2D eigenvalue weighted by Crippen LogP contribution is -2.35. The molecule has 3 rings (SSSR count). The summed E-state index contributed by atoms with van der Waals surface area (Å²) in [5, 5.41) is 6.47. The van der Waals surface area contributed by atoms with E-state index in [1.54, 1.807) is 31.4 Å². The Balaban J connectivity index is 1.46. The number of likely N-dealkylation sites (tertiary alicyclic amines) is 1. The van der Waals surface area contributed by atoms with Crippen LogP contribution in [0.2, 0.25) is 0 Å². The summed E-state index contributed by atoms with van der Waals surface area (Å²) in [5.74, 6) is 0.622. The molecule has 1 aliphatic heterocycles. The van der Waals surface area contributed by atoms with Crippen LogP contribution in [0.25, 0.3) is 0 Å². The number of piperidine rings is 1. The van der Waals surface area contributed by atoms with Crippen molar-refractivity contribution in [3.05, 3.63) is 59.7 Å². The van der Waals surface area contributed by atoms with E-state index in [2.05, 4.69) is 21.6 Å². The van der Waals surface area contributed by atoms with Gasteiger partial charge >= 0.3 is 0 Å². The summed E-state index contributed by atoms with van der Waals surface area (Å²) in [5.41, 5.74) is 2.59. The van der Waals surface area contributed by atoms with E-state index < -0.39 is 0 Å². The third kappa shape index (κ3) is 6.08. The van der Waals surface area contributed by atoms with Gasteiger partial charge in [0, 0.05) is 30.9 Å². The highest BCUT2D eigenvalue weighted by Crippen LogP contribution is 2.15. The minimum absolute atomic E-state index is 0.118. The minimum atomic E-state index is -0.118. The molecule has 2 aromatic carbocycles. The number of ether oxygens (including phenoxy) is 1. The molecule has 1 fully saturated rings. The molecule has 1 heterocycles. The topological polar surface area (TPSA) is 53.6 Å². The van der Waals surface area contributed by atoms with E-state index in [9.17, 15) is 4.79 Å². The van der Waals surface area contributed by atoms with Gasteiger partial charge in [0.2, 0.25) is 0 Å². The van der Waals surface area contributed by atoms with Crippen molar-refractivity contribution in [2.24, 2.45) is 0 Å². The molecule has 1 amide bonds. The first-order valence-corrected chi connectivity index (χ1v) is 9.72. The third-order valence-corrected chi connectivity index (χ3v) is 4.92. The lowest BCUT2D eigenvalue weighted by molar-refractivity contribution is 0.102. The van der Waals surface area contributed by atoms with Gasteiger partial charge in [0.25, 0.3) is 5.91 Å². The maximum absolute atomic E-state index is 12.4. The van der Waals surface area contributed by atoms with Gasteiger partial charge in [0.15, 0.2) is 0 Å². The fourth-order valence-corrected chi connectivity index (χ4v) is 3.36. The number of carbonyl (C=O) groups excluding carboxylic acids is 1. The van der Waals surface area contributed by atoms with Crippen molar-refractivity contribution < 1.29 is 9.53 Å². The van der Waals surface area contributed by atoms with Crippen LogP contribution in [-0.2, 0) is 6.54 Å². The number of rotatable bonds is 8. The van der Waals surface area contributed by atoms with Gasteiger partial charge in [-0.25, -0.2) is 0 Å². The van der Waals surface area contributed by atoms with Crippen molar-refractivity contribution in [1.29, 1.82) is 0 Å². The molecule has 144 valence electrons. The highest BCUT2D eigenvalue weighted by molar-refractivity contribution is 6.04. The van der Waals surface area contributed by atoms with Gasteiger partial charge in [-0.3, -0.25) is 4.79 Å². The maximum Gasteiger partial charge on any atom is 0.255 e. The molecule has 5 heteroatoms. The second kappa shape index (κ2) is 10.1. The SMILES string of the molecule is COc1ccc(C(=O)Nc2cccc(CNCCN3CCCCC3)c2)cc1. The Kier molecular flexibility index (Phi) is 7.25. The van der Waals surface area contributed by atoms with Crippen molar-refractivity contribution in [1.82, 2.24) is 10.2 Å². The Hall–Kier alpha value is -2.37. The van der Waals surface area contributed by atoms with Crippen molar-refractivity contribution in [3.63, 3.8) is 0 Å². The maximum atomic E-state index is 12.4. The van der Waals surface area contributed by atoms with E-state index >= 15 is 0 Å². The molecule has 0 radical (unpaired) electrons. The number of hydrogen-bond acceptors (Lipinski definition) is 4. The van der Waals surface area contributed by atoms with E-state index in [4.69, 9.17) is 4.74 Å². The molecular weight excluding hydrogens is 338 g/mol. The Bertz CT molecular complexity index is 725. The predicted molar refractivity (Wildman–Crippen MR) is 109 cm³/mol. The monoisotopic (exact) mass is 367 g/mol. The number of carbonyl (C=O) groups is 1. The van der Waals surface area contributed by atoms with Crippen LogP contribution in [0.1, 0.15) is 35.2 Å². The second-order valence-corrected chi connectivity index (χ2v) is 6.96. The average Bonchev–Trinajstić information content (AvgIpc) is 2.72.